The van der Waals surface area contributed by atoms with Crippen LogP contribution in [0.25, 0.3) is 21.9 Å². The second-order valence-electron chi connectivity index (χ2n) is 6.47. The highest BCUT2D eigenvalue weighted by Gasteiger charge is 2.20. The normalized spacial score (nSPS) is 10.9. The number of ketones is 1. The van der Waals surface area contributed by atoms with E-state index in [1.54, 1.807) is 24.3 Å². The van der Waals surface area contributed by atoms with Crippen molar-refractivity contribution in [3.05, 3.63) is 83.9 Å². The Balaban J connectivity index is 2.03. The van der Waals surface area contributed by atoms with Gasteiger partial charge in [0.15, 0.2) is 5.78 Å². The van der Waals surface area contributed by atoms with Crippen LogP contribution in [0.15, 0.2) is 72.8 Å². The molecule has 138 valence electrons. The van der Waals surface area contributed by atoms with Gasteiger partial charge in [0.2, 0.25) is 0 Å². The first-order valence-corrected chi connectivity index (χ1v) is 8.56. The molecule has 0 unspecified atom stereocenters. The first kappa shape index (κ1) is 17.4. The molecular weight excluding hydrogens is 356 g/mol. The third-order valence-electron chi connectivity index (χ3n) is 4.63. The number of hydrogen-bond donors (Lipinski definition) is 4. The highest BCUT2D eigenvalue weighted by atomic mass is 16.3. The van der Waals surface area contributed by atoms with Gasteiger partial charge < -0.3 is 20.4 Å². The molecule has 0 fully saturated rings. The van der Waals surface area contributed by atoms with E-state index in [2.05, 4.69) is 0 Å². The van der Waals surface area contributed by atoms with Gasteiger partial charge in [-0.1, -0.05) is 12.1 Å². The predicted molar refractivity (Wildman–Crippen MR) is 106 cm³/mol. The minimum Gasteiger partial charge on any atom is -0.508 e. The summed E-state index contributed by atoms with van der Waals surface area (Å²) in [5.41, 5.74) is 1.45. The lowest BCUT2D eigenvalue weighted by atomic mass is 9.89. The monoisotopic (exact) mass is 372 g/mol. The number of carbonyl (C=O) groups is 1. The lowest BCUT2D eigenvalue weighted by Crippen LogP contribution is -2.04. The Hall–Kier alpha value is -3.99. The van der Waals surface area contributed by atoms with Gasteiger partial charge in [0.05, 0.1) is 0 Å². The smallest absolute Gasteiger partial charge is 0.193 e. The number of phenols is 4. The van der Waals surface area contributed by atoms with Crippen LogP contribution in [-0.4, -0.2) is 26.2 Å². The first-order valence-electron chi connectivity index (χ1n) is 8.56. The quantitative estimate of drug-likeness (QED) is 0.312. The molecule has 0 radical (unpaired) electrons. The van der Waals surface area contributed by atoms with Crippen molar-refractivity contribution < 1.29 is 25.2 Å². The summed E-state index contributed by atoms with van der Waals surface area (Å²) in [6.45, 7) is 0. The van der Waals surface area contributed by atoms with E-state index in [4.69, 9.17) is 0 Å². The van der Waals surface area contributed by atoms with Crippen LogP contribution >= 0.6 is 0 Å². The average Bonchev–Trinajstić information content (AvgIpc) is 2.69. The van der Waals surface area contributed by atoms with Crippen LogP contribution in [0.3, 0.4) is 0 Å². The maximum absolute atomic E-state index is 13.2. The van der Waals surface area contributed by atoms with E-state index in [0.717, 1.165) is 0 Å². The molecule has 0 heterocycles. The van der Waals surface area contributed by atoms with Crippen molar-refractivity contribution in [2.75, 3.05) is 0 Å². The fourth-order valence-corrected chi connectivity index (χ4v) is 3.29. The summed E-state index contributed by atoms with van der Waals surface area (Å²) in [4.78, 5) is 13.2. The molecule has 0 saturated heterocycles. The summed E-state index contributed by atoms with van der Waals surface area (Å²) in [5.74, 6) is -0.301. The topological polar surface area (TPSA) is 98.0 Å². The molecule has 0 saturated carbocycles. The van der Waals surface area contributed by atoms with Gasteiger partial charge in [0, 0.05) is 22.3 Å². The summed E-state index contributed by atoms with van der Waals surface area (Å²) >= 11 is 0. The minimum absolute atomic E-state index is 0.0494. The summed E-state index contributed by atoms with van der Waals surface area (Å²) in [6.07, 6.45) is 0. The van der Waals surface area contributed by atoms with Crippen LogP contribution in [0.5, 0.6) is 23.0 Å². The van der Waals surface area contributed by atoms with Gasteiger partial charge in [-0.05, 0) is 71.4 Å². The fraction of sp³-hybridized carbons (Fsp3) is 0. The fourth-order valence-electron chi connectivity index (χ4n) is 3.29. The highest BCUT2D eigenvalue weighted by molar-refractivity contribution is 6.17. The molecule has 0 aliphatic rings. The summed E-state index contributed by atoms with van der Waals surface area (Å²) < 4.78 is 0. The number of rotatable bonds is 3. The van der Waals surface area contributed by atoms with Crippen LogP contribution < -0.4 is 0 Å². The van der Waals surface area contributed by atoms with Crippen molar-refractivity contribution in [2.24, 2.45) is 0 Å². The van der Waals surface area contributed by atoms with Crippen LogP contribution in [-0.2, 0) is 0 Å². The number of fused-ring (bicyclic) bond motifs is 1. The van der Waals surface area contributed by atoms with Crippen molar-refractivity contribution in [3.8, 4) is 34.1 Å². The van der Waals surface area contributed by atoms with Crippen LogP contribution in [0.1, 0.15) is 15.9 Å². The Labute approximate surface area is 160 Å². The number of carbonyl (C=O) groups excluding carboxylic acids is 1. The second-order valence-corrected chi connectivity index (χ2v) is 6.47. The van der Waals surface area contributed by atoms with E-state index < -0.39 is 0 Å². The Kier molecular flexibility index (Phi) is 4.12. The van der Waals surface area contributed by atoms with E-state index in [1.165, 1.54) is 48.5 Å². The zero-order valence-corrected chi connectivity index (χ0v) is 14.6. The molecule has 5 nitrogen and oxygen atoms in total. The van der Waals surface area contributed by atoms with Gasteiger partial charge in [0.25, 0.3) is 0 Å². The van der Waals surface area contributed by atoms with Crippen molar-refractivity contribution in [1.82, 2.24) is 0 Å². The molecule has 28 heavy (non-hydrogen) atoms. The molecule has 4 aromatic rings. The summed E-state index contributed by atoms with van der Waals surface area (Å²) in [7, 11) is 0. The average molecular weight is 372 g/mol. The van der Waals surface area contributed by atoms with E-state index >= 15 is 0 Å². The molecule has 0 aromatic heterocycles. The lowest BCUT2D eigenvalue weighted by molar-refractivity contribution is 0.103. The standard InChI is InChI=1S/C23H16O5/c24-15-4-1-13(2-5-15)23(28)19-8-3-14-11-16(25)6-9-18(14)22(19)20-12-17(26)7-10-21(20)27/h1-12,24-27H. The Bertz CT molecular complexity index is 1210. The molecule has 0 spiro atoms. The molecule has 0 aliphatic carbocycles. The number of aromatic hydroxyl groups is 4. The van der Waals surface area contributed by atoms with Crippen LogP contribution in [0.2, 0.25) is 0 Å². The molecule has 5 heteroatoms. The van der Waals surface area contributed by atoms with E-state index in [1.807, 2.05) is 0 Å². The third kappa shape index (κ3) is 2.99. The van der Waals surface area contributed by atoms with Crippen LogP contribution in [0, 0.1) is 0 Å². The van der Waals surface area contributed by atoms with Gasteiger partial charge in [-0.25, -0.2) is 0 Å². The van der Waals surface area contributed by atoms with Crippen LogP contribution in [0.4, 0.5) is 0 Å². The molecule has 0 bridgehead atoms. The molecular formula is C23H16O5. The first-order chi connectivity index (χ1) is 13.4. The zero-order valence-electron chi connectivity index (χ0n) is 14.6. The van der Waals surface area contributed by atoms with E-state index in [9.17, 15) is 25.2 Å². The number of phenolic OH excluding ortho intramolecular Hbond substituents is 4. The Morgan fingerprint density at radius 2 is 1.29 bits per heavy atom. The molecule has 4 aromatic carbocycles. The Morgan fingerprint density at radius 1 is 0.643 bits per heavy atom. The minimum atomic E-state index is -0.298. The largest absolute Gasteiger partial charge is 0.508 e. The highest BCUT2D eigenvalue weighted by Crippen LogP contribution is 2.40. The number of benzene rings is 4. The zero-order chi connectivity index (χ0) is 19.8. The van der Waals surface area contributed by atoms with Gasteiger partial charge in [-0.2, -0.15) is 0 Å². The van der Waals surface area contributed by atoms with Crippen molar-refractivity contribution in [3.63, 3.8) is 0 Å². The molecule has 0 amide bonds. The van der Waals surface area contributed by atoms with E-state index in [-0.39, 0.29) is 28.8 Å². The molecule has 4 N–H and O–H groups in total. The van der Waals surface area contributed by atoms with Crippen molar-refractivity contribution in [1.29, 1.82) is 0 Å². The van der Waals surface area contributed by atoms with E-state index in [0.29, 0.717) is 33.0 Å². The van der Waals surface area contributed by atoms with Gasteiger partial charge in [-0.3, -0.25) is 4.79 Å². The lowest BCUT2D eigenvalue weighted by Gasteiger charge is -2.15. The molecule has 0 atom stereocenters. The summed E-state index contributed by atoms with van der Waals surface area (Å²) in [5, 5.41) is 40.9. The molecule has 0 aliphatic heterocycles. The summed E-state index contributed by atoms with van der Waals surface area (Å²) in [6, 6.07) is 18.1. The predicted octanol–water partition coefficient (Wildman–Crippen LogP) is 4.56. The third-order valence-corrected chi connectivity index (χ3v) is 4.63. The van der Waals surface area contributed by atoms with Crippen molar-refractivity contribution in [2.45, 2.75) is 0 Å². The second kappa shape index (κ2) is 6.63. The van der Waals surface area contributed by atoms with Gasteiger partial charge >= 0.3 is 0 Å². The number of hydrogen-bond acceptors (Lipinski definition) is 5. The SMILES string of the molecule is O=C(c1ccc(O)cc1)c1ccc2cc(O)ccc2c1-c1cc(O)ccc1O. The Morgan fingerprint density at radius 3 is 2.04 bits per heavy atom. The van der Waals surface area contributed by atoms with Gasteiger partial charge in [-0.15, -0.1) is 0 Å². The maximum atomic E-state index is 13.2. The van der Waals surface area contributed by atoms with Crippen molar-refractivity contribution >= 4 is 16.6 Å². The maximum Gasteiger partial charge on any atom is 0.193 e. The molecule has 4 rings (SSSR count). The van der Waals surface area contributed by atoms with Gasteiger partial charge in [0.1, 0.15) is 23.0 Å².